The lowest BCUT2D eigenvalue weighted by Crippen LogP contribution is -2.55. The summed E-state index contributed by atoms with van der Waals surface area (Å²) in [5, 5.41) is 14.1. The van der Waals surface area contributed by atoms with Gasteiger partial charge in [0, 0.05) is 12.0 Å². The molecular formula is C25H30N2O5. The third-order valence-electron chi connectivity index (χ3n) is 6.05. The molecule has 0 bridgehead atoms. The van der Waals surface area contributed by atoms with Gasteiger partial charge in [-0.15, -0.1) is 0 Å². The van der Waals surface area contributed by atoms with Gasteiger partial charge >= 0.3 is 12.1 Å². The van der Waals surface area contributed by atoms with Gasteiger partial charge in [-0.2, -0.15) is 0 Å². The van der Waals surface area contributed by atoms with E-state index in [2.05, 4.69) is 22.8 Å². The molecule has 0 radical (unpaired) electrons. The largest absolute Gasteiger partial charge is 0.480 e. The summed E-state index contributed by atoms with van der Waals surface area (Å²) in [5.41, 5.74) is 3.50. The predicted octanol–water partition coefficient (Wildman–Crippen LogP) is 3.78. The van der Waals surface area contributed by atoms with Gasteiger partial charge in [0.25, 0.3) is 0 Å². The first-order valence-electron chi connectivity index (χ1n) is 10.7. The predicted molar refractivity (Wildman–Crippen MR) is 121 cm³/mol. The molecule has 1 unspecified atom stereocenters. The zero-order valence-corrected chi connectivity index (χ0v) is 18.8. The molecule has 0 fully saturated rings. The molecule has 1 atom stereocenters. The van der Waals surface area contributed by atoms with E-state index in [1.807, 2.05) is 50.2 Å². The number of aliphatic carboxylic acids is 1. The highest BCUT2D eigenvalue weighted by Gasteiger charge is 2.40. The Hall–Kier alpha value is -3.35. The molecule has 3 rings (SSSR count). The second-order valence-electron chi connectivity index (χ2n) is 8.99. The Morgan fingerprint density at radius 3 is 2.03 bits per heavy atom. The van der Waals surface area contributed by atoms with Crippen molar-refractivity contribution in [1.82, 2.24) is 10.6 Å². The van der Waals surface area contributed by atoms with Gasteiger partial charge in [0.15, 0.2) is 0 Å². The van der Waals surface area contributed by atoms with Crippen molar-refractivity contribution in [2.24, 2.45) is 11.3 Å². The monoisotopic (exact) mass is 438 g/mol. The lowest BCUT2D eigenvalue weighted by molar-refractivity contribution is -0.140. The first-order chi connectivity index (χ1) is 15.1. The Bertz CT molecular complexity index is 969. The second-order valence-corrected chi connectivity index (χ2v) is 8.99. The van der Waals surface area contributed by atoms with E-state index in [0.29, 0.717) is 0 Å². The van der Waals surface area contributed by atoms with Crippen LogP contribution in [0.25, 0.3) is 11.1 Å². The van der Waals surface area contributed by atoms with Crippen LogP contribution in [0.15, 0.2) is 48.5 Å². The molecule has 0 aromatic heterocycles. The minimum atomic E-state index is -1.13. The topological polar surface area (TPSA) is 105 Å². The van der Waals surface area contributed by atoms with Gasteiger partial charge in [0.1, 0.15) is 13.2 Å². The number of carbonyl (C=O) groups is 3. The minimum Gasteiger partial charge on any atom is -0.480 e. The van der Waals surface area contributed by atoms with Crippen LogP contribution < -0.4 is 10.6 Å². The van der Waals surface area contributed by atoms with Gasteiger partial charge in [0.05, 0.1) is 5.41 Å². The van der Waals surface area contributed by atoms with E-state index in [9.17, 15) is 14.4 Å². The molecule has 2 amide bonds. The number of carbonyl (C=O) groups excluding carboxylic acids is 2. The van der Waals surface area contributed by atoms with Crippen LogP contribution in [0.1, 0.15) is 44.7 Å². The van der Waals surface area contributed by atoms with Crippen LogP contribution in [0.5, 0.6) is 0 Å². The molecule has 2 aromatic rings. The molecule has 0 spiro atoms. The molecule has 2 aromatic carbocycles. The van der Waals surface area contributed by atoms with Crippen LogP contribution in [0.4, 0.5) is 4.79 Å². The lowest BCUT2D eigenvalue weighted by Gasteiger charge is -2.36. The standard InChI is InChI=1S/C25H30N2O5/c1-15(2)22(25(3,4)23(30)26-13-21(28)29)27-24(31)32-14-20-18-11-7-5-9-16(18)17-10-6-8-12-19(17)20/h5-12,15,20,22H,13-14H2,1-4H3,(H,26,30)(H,27,31)(H,28,29). The number of nitrogens with one attached hydrogen (secondary N) is 2. The number of carboxylic acid groups (broad SMARTS) is 1. The lowest BCUT2D eigenvalue weighted by atomic mass is 9.77. The second kappa shape index (κ2) is 9.42. The Balaban J connectivity index is 1.69. The molecular weight excluding hydrogens is 408 g/mol. The van der Waals surface area contributed by atoms with Crippen LogP contribution in [0.3, 0.4) is 0 Å². The van der Waals surface area contributed by atoms with E-state index in [4.69, 9.17) is 9.84 Å². The number of benzene rings is 2. The van der Waals surface area contributed by atoms with Crippen LogP contribution in [0, 0.1) is 11.3 Å². The van der Waals surface area contributed by atoms with Gasteiger partial charge in [-0.05, 0) is 42.0 Å². The Morgan fingerprint density at radius 1 is 1.00 bits per heavy atom. The maximum Gasteiger partial charge on any atom is 0.407 e. The van der Waals surface area contributed by atoms with E-state index in [1.165, 1.54) is 0 Å². The quantitative estimate of drug-likeness (QED) is 0.582. The van der Waals surface area contributed by atoms with E-state index in [1.54, 1.807) is 13.8 Å². The highest BCUT2D eigenvalue weighted by Crippen LogP contribution is 2.44. The smallest absolute Gasteiger partial charge is 0.407 e. The third-order valence-corrected chi connectivity index (χ3v) is 6.05. The summed E-state index contributed by atoms with van der Waals surface area (Å²) in [6.45, 7) is 6.84. The molecule has 170 valence electrons. The third kappa shape index (κ3) is 4.77. The van der Waals surface area contributed by atoms with Gasteiger partial charge in [-0.25, -0.2) is 4.79 Å². The van der Waals surface area contributed by atoms with E-state index >= 15 is 0 Å². The number of hydrogen-bond donors (Lipinski definition) is 3. The molecule has 1 aliphatic rings. The van der Waals surface area contributed by atoms with Crippen LogP contribution in [0.2, 0.25) is 0 Å². The summed E-state index contributed by atoms with van der Waals surface area (Å²) in [7, 11) is 0. The normalized spacial score (nSPS) is 13.8. The fourth-order valence-electron chi connectivity index (χ4n) is 4.47. The van der Waals surface area contributed by atoms with Crippen molar-refractivity contribution in [1.29, 1.82) is 0 Å². The zero-order chi connectivity index (χ0) is 23.5. The molecule has 1 aliphatic carbocycles. The number of amides is 2. The number of carboxylic acids is 1. The molecule has 3 N–H and O–H groups in total. The first kappa shape index (κ1) is 23.3. The molecule has 7 heteroatoms. The van der Waals surface area contributed by atoms with Gasteiger partial charge in [-0.1, -0.05) is 62.4 Å². The van der Waals surface area contributed by atoms with Crippen molar-refractivity contribution in [3.8, 4) is 11.1 Å². The van der Waals surface area contributed by atoms with Crippen molar-refractivity contribution >= 4 is 18.0 Å². The summed E-state index contributed by atoms with van der Waals surface area (Å²) in [4.78, 5) is 36.1. The molecule has 7 nitrogen and oxygen atoms in total. The van der Waals surface area contributed by atoms with Crippen LogP contribution >= 0.6 is 0 Å². The number of alkyl carbamates (subject to hydrolysis) is 1. The highest BCUT2D eigenvalue weighted by atomic mass is 16.5. The van der Waals surface area contributed by atoms with Gasteiger partial charge in [0.2, 0.25) is 5.91 Å². The molecule has 0 aliphatic heterocycles. The molecule has 32 heavy (non-hydrogen) atoms. The van der Waals surface area contributed by atoms with Crippen molar-refractivity contribution in [2.45, 2.75) is 39.7 Å². The molecule has 0 heterocycles. The SMILES string of the molecule is CC(C)C(NC(=O)OCC1c2ccccc2-c2ccccc21)C(C)(C)C(=O)NCC(=O)O. The average molecular weight is 439 g/mol. The highest BCUT2D eigenvalue weighted by molar-refractivity contribution is 5.86. The minimum absolute atomic E-state index is 0.0578. The number of rotatable bonds is 8. The number of ether oxygens (including phenoxy) is 1. The van der Waals surface area contributed by atoms with Crippen molar-refractivity contribution < 1.29 is 24.2 Å². The summed E-state index contributed by atoms with van der Waals surface area (Å²) in [6.07, 6.45) is -0.607. The maximum absolute atomic E-state index is 12.7. The van der Waals surface area contributed by atoms with E-state index < -0.39 is 36.0 Å². The van der Waals surface area contributed by atoms with Crippen LogP contribution in [-0.2, 0) is 14.3 Å². The number of fused-ring (bicyclic) bond motifs is 3. The maximum atomic E-state index is 12.7. The summed E-state index contributed by atoms with van der Waals surface area (Å²) >= 11 is 0. The fourth-order valence-corrected chi connectivity index (χ4v) is 4.47. The van der Waals surface area contributed by atoms with E-state index in [-0.39, 0.29) is 18.4 Å². The molecule has 0 saturated heterocycles. The Morgan fingerprint density at radius 2 is 1.53 bits per heavy atom. The Kier molecular flexibility index (Phi) is 6.87. The Labute approximate surface area is 188 Å². The number of hydrogen-bond acceptors (Lipinski definition) is 4. The van der Waals surface area contributed by atoms with Crippen molar-refractivity contribution in [3.63, 3.8) is 0 Å². The van der Waals surface area contributed by atoms with Crippen molar-refractivity contribution in [3.05, 3.63) is 59.7 Å². The summed E-state index contributed by atoms with van der Waals surface area (Å²) in [6, 6.07) is 15.6. The van der Waals surface area contributed by atoms with Crippen LogP contribution in [-0.4, -0.2) is 42.3 Å². The van der Waals surface area contributed by atoms with Gasteiger partial charge in [-0.3, -0.25) is 9.59 Å². The fraction of sp³-hybridized carbons (Fsp3) is 0.400. The summed E-state index contributed by atoms with van der Waals surface area (Å²) < 4.78 is 5.62. The van der Waals surface area contributed by atoms with Crippen molar-refractivity contribution in [2.75, 3.05) is 13.2 Å². The molecule has 0 saturated carbocycles. The van der Waals surface area contributed by atoms with E-state index in [0.717, 1.165) is 22.3 Å². The summed E-state index contributed by atoms with van der Waals surface area (Å²) in [5.74, 6) is -1.71. The zero-order valence-electron chi connectivity index (χ0n) is 18.8. The first-order valence-corrected chi connectivity index (χ1v) is 10.7. The van der Waals surface area contributed by atoms with Gasteiger partial charge < -0.3 is 20.5 Å². The average Bonchev–Trinajstić information content (AvgIpc) is 3.07.